The molecule has 1 atom stereocenters. The third-order valence-corrected chi connectivity index (χ3v) is 4.21. The van der Waals surface area contributed by atoms with Crippen molar-refractivity contribution in [2.75, 3.05) is 11.0 Å². The van der Waals surface area contributed by atoms with E-state index in [9.17, 15) is 4.21 Å². The first-order valence-electron chi connectivity index (χ1n) is 7.35. The molecule has 3 rings (SSSR count). The molecule has 0 aromatic heterocycles. The van der Waals surface area contributed by atoms with Crippen molar-refractivity contribution < 1.29 is 8.95 Å². The van der Waals surface area contributed by atoms with Crippen molar-refractivity contribution in [3.8, 4) is 22.6 Å². The highest BCUT2D eigenvalue weighted by Gasteiger charge is 2.05. The molecule has 24 heavy (non-hydrogen) atoms. The minimum Gasteiger partial charge on any atom is -0.457 e. The number of anilines is 1. The predicted octanol–water partition coefficient (Wildman–Crippen LogP) is 5.50. The standard InChI is InChI=1S/C19H16ClNO2S/c1-24(22)21-19-12-9-15(13-18(19)20)14-7-10-17(11-8-14)23-16-5-3-2-4-6-16/h2-13,21H,1H3. The molecule has 1 N–H and O–H groups in total. The monoisotopic (exact) mass is 357 g/mol. The number of nitrogens with one attached hydrogen (secondary N) is 1. The van der Waals surface area contributed by atoms with Crippen LogP contribution in [0.4, 0.5) is 5.69 Å². The zero-order valence-corrected chi connectivity index (χ0v) is 14.6. The summed E-state index contributed by atoms with van der Waals surface area (Å²) in [5.74, 6) is 1.58. The second-order valence-electron chi connectivity index (χ2n) is 5.19. The number of benzene rings is 3. The average molecular weight is 358 g/mol. The third-order valence-electron chi connectivity index (χ3n) is 3.39. The van der Waals surface area contributed by atoms with Crippen molar-refractivity contribution in [3.05, 3.63) is 77.8 Å². The molecule has 0 aliphatic heterocycles. The fourth-order valence-electron chi connectivity index (χ4n) is 2.27. The minimum absolute atomic E-state index is 0.535. The first kappa shape index (κ1) is 16.6. The van der Waals surface area contributed by atoms with Crippen molar-refractivity contribution >= 4 is 28.3 Å². The highest BCUT2D eigenvalue weighted by Crippen LogP contribution is 2.30. The van der Waals surface area contributed by atoms with Gasteiger partial charge in [-0.1, -0.05) is 48.0 Å². The van der Waals surface area contributed by atoms with Gasteiger partial charge in [0, 0.05) is 6.26 Å². The lowest BCUT2D eigenvalue weighted by atomic mass is 10.1. The molecule has 3 aromatic rings. The molecule has 122 valence electrons. The second kappa shape index (κ2) is 7.51. The van der Waals surface area contributed by atoms with Crippen LogP contribution in [-0.4, -0.2) is 10.5 Å². The van der Waals surface area contributed by atoms with E-state index in [1.54, 1.807) is 6.26 Å². The zero-order valence-electron chi connectivity index (χ0n) is 13.0. The second-order valence-corrected chi connectivity index (χ2v) is 6.71. The molecule has 3 aromatic carbocycles. The minimum atomic E-state index is -1.15. The molecule has 0 aliphatic rings. The Morgan fingerprint density at radius 2 is 1.50 bits per heavy atom. The van der Waals surface area contributed by atoms with Gasteiger partial charge in [0.2, 0.25) is 0 Å². The summed E-state index contributed by atoms with van der Waals surface area (Å²) >= 11 is 6.24. The predicted molar refractivity (Wildman–Crippen MR) is 101 cm³/mol. The Bertz CT molecular complexity index is 851. The van der Waals surface area contributed by atoms with Crippen LogP contribution in [0.15, 0.2) is 72.8 Å². The van der Waals surface area contributed by atoms with Gasteiger partial charge in [-0.05, 0) is 47.5 Å². The Kier molecular flexibility index (Phi) is 5.18. The van der Waals surface area contributed by atoms with Gasteiger partial charge in [0.15, 0.2) is 0 Å². The van der Waals surface area contributed by atoms with Gasteiger partial charge in [0.25, 0.3) is 0 Å². The highest BCUT2D eigenvalue weighted by molar-refractivity contribution is 7.85. The Labute approximate surface area is 148 Å². The van der Waals surface area contributed by atoms with E-state index in [4.69, 9.17) is 16.3 Å². The molecule has 0 heterocycles. The third kappa shape index (κ3) is 4.16. The molecule has 0 saturated heterocycles. The van der Waals surface area contributed by atoms with E-state index in [2.05, 4.69) is 4.72 Å². The van der Waals surface area contributed by atoms with Gasteiger partial charge in [-0.15, -0.1) is 0 Å². The SMILES string of the molecule is CS(=O)Nc1ccc(-c2ccc(Oc3ccccc3)cc2)cc1Cl. The lowest BCUT2D eigenvalue weighted by Crippen LogP contribution is -2.01. The van der Waals surface area contributed by atoms with E-state index in [0.717, 1.165) is 22.6 Å². The van der Waals surface area contributed by atoms with E-state index in [1.807, 2.05) is 72.8 Å². The van der Waals surface area contributed by atoms with Crippen LogP contribution in [0.1, 0.15) is 0 Å². The average Bonchev–Trinajstić information content (AvgIpc) is 2.58. The maximum Gasteiger partial charge on any atom is 0.127 e. The number of hydrogen-bond donors (Lipinski definition) is 1. The lowest BCUT2D eigenvalue weighted by Gasteiger charge is -2.09. The van der Waals surface area contributed by atoms with Crippen molar-refractivity contribution in [2.24, 2.45) is 0 Å². The fraction of sp³-hybridized carbons (Fsp3) is 0.0526. The molecule has 1 unspecified atom stereocenters. The molecule has 5 heteroatoms. The van der Waals surface area contributed by atoms with Crippen LogP contribution in [0, 0.1) is 0 Å². The summed E-state index contributed by atoms with van der Waals surface area (Å²) in [5.41, 5.74) is 2.67. The molecule has 3 nitrogen and oxygen atoms in total. The van der Waals surface area contributed by atoms with Crippen molar-refractivity contribution in [2.45, 2.75) is 0 Å². The highest BCUT2D eigenvalue weighted by atomic mass is 35.5. The maximum absolute atomic E-state index is 11.2. The summed E-state index contributed by atoms with van der Waals surface area (Å²) in [4.78, 5) is 0. The van der Waals surface area contributed by atoms with Crippen LogP contribution >= 0.6 is 11.6 Å². The van der Waals surface area contributed by atoms with Crippen LogP contribution in [0.25, 0.3) is 11.1 Å². The molecular formula is C19H16ClNO2S. The zero-order chi connectivity index (χ0) is 16.9. The normalized spacial score (nSPS) is 11.8. The molecule has 0 spiro atoms. The Hall–Kier alpha value is -2.30. The van der Waals surface area contributed by atoms with Crippen LogP contribution in [0.3, 0.4) is 0 Å². The van der Waals surface area contributed by atoms with E-state index >= 15 is 0 Å². The number of ether oxygens (including phenoxy) is 1. The quantitative estimate of drug-likeness (QED) is 0.654. The van der Waals surface area contributed by atoms with Crippen molar-refractivity contribution in [3.63, 3.8) is 0 Å². The van der Waals surface area contributed by atoms with Gasteiger partial charge in [-0.2, -0.15) is 0 Å². The van der Waals surface area contributed by atoms with E-state index in [1.165, 1.54) is 0 Å². The van der Waals surface area contributed by atoms with Gasteiger partial charge in [-0.25, -0.2) is 4.21 Å². The molecule has 0 bridgehead atoms. The topological polar surface area (TPSA) is 38.3 Å². The summed E-state index contributed by atoms with van der Waals surface area (Å²) in [6, 6.07) is 23.1. The molecule has 0 radical (unpaired) electrons. The van der Waals surface area contributed by atoms with Gasteiger partial charge in [0.05, 0.1) is 10.7 Å². The Morgan fingerprint density at radius 1 is 0.875 bits per heavy atom. The Balaban J connectivity index is 1.78. The maximum atomic E-state index is 11.2. The van der Waals surface area contributed by atoms with Gasteiger partial charge in [0.1, 0.15) is 22.5 Å². The molecule has 0 saturated carbocycles. The van der Waals surface area contributed by atoms with Crippen LogP contribution in [0.5, 0.6) is 11.5 Å². The summed E-state index contributed by atoms with van der Waals surface area (Å²) in [5, 5.41) is 0.535. The van der Waals surface area contributed by atoms with Crippen molar-refractivity contribution in [1.82, 2.24) is 0 Å². The van der Waals surface area contributed by atoms with Gasteiger partial charge >= 0.3 is 0 Å². The molecule has 0 amide bonds. The first-order chi connectivity index (χ1) is 11.6. The van der Waals surface area contributed by atoms with E-state index in [-0.39, 0.29) is 0 Å². The Morgan fingerprint density at radius 3 is 2.12 bits per heavy atom. The summed E-state index contributed by atoms with van der Waals surface area (Å²) in [6.07, 6.45) is 1.57. The lowest BCUT2D eigenvalue weighted by molar-refractivity contribution is 0.483. The van der Waals surface area contributed by atoms with Gasteiger partial charge in [-0.3, -0.25) is 0 Å². The molecular weight excluding hydrogens is 342 g/mol. The number of rotatable bonds is 5. The largest absolute Gasteiger partial charge is 0.457 e. The smallest absolute Gasteiger partial charge is 0.127 e. The first-order valence-corrected chi connectivity index (χ1v) is 9.28. The van der Waals surface area contributed by atoms with Crippen LogP contribution in [0.2, 0.25) is 5.02 Å². The number of halogens is 1. The summed E-state index contributed by atoms with van der Waals surface area (Å²) in [6.45, 7) is 0. The van der Waals surface area contributed by atoms with E-state index < -0.39 is 11.0 Å². The van der Waals surface area contributed by atoms with Gasteiger partial charge < -0.3 is 9.46 Å². The summed E-state index contributed by atoms with van der Waals surface area (Å²) in [7, 11) is -1.15. The molecule has 0 aliphatic carbocycles. The number of hydrogen-bond acceptors (Lipinski definition) is 2. The van der Waals surface area contributed by atoms with Crippen molar-refractivity contribution in [1.29, 1.82) is 0 Å². The van der Waals surface area contributed by atoms with Crippen LogP contribution in [-0.2, 0) is 11.0 Å². The number of para-hydroxylation sites is 1. The van der Waals surface area contributed by atoms with E-state index in [0.29, 0.717) is 10.7 Å². The van der Waals surface area contributed by atoms with Crippen LogP contribution < -0.4 is 9.46 Å². The fourth-order valence-corrected chi connectivity index (χ4v) is 3.04. The molecule has 0 fully saturated rings. The summed E-state index contributed by atoms with van der Waals surface area (Å²) < 4.78 is 19.8.